The second kappa shape index (κ2) is 5.09. The van der Waals surface area contributed by atoms with Crippen molar-refractivity contribution in [2.45, 2.75) is 0 Å². The first-order chi connectivity index (χ1) is 2.27. The summed E-state index contributed by atoms with van der Waals surface area (Å²) in [5.41, 5.74) is 0. The molecule has 0 aromatic heterocycles. The molecule has 0 spiro atoms. The maximum Gasteiger partial charge on any atom is 0.0867 e. The molecule has 0 aromatic rings. The van der Waals surface area contributed by atoms with Crippen molar-refractivity contribution in [2.75, 3.05) is 6.54 Å². The Bertz CT molecular complexity index is 46.8. The first kappa shape index (κ1) is 9.43. The Kier molecular flexibility index (Phi) is 8.00. The minimum Gasteiger partial charge on any atom is -0.273 e. The second-order valence-corrected chi connectivity index (χ2v) is 0.556. The fourth-order valence-corrected chi connectivity index (χ4v) is 0. The molecule has 0 bridgehead atoms. The van der Waals surface area contributed by atoms with Gasteiger partial charge in [0.15, 0.2) is 0 Å². The molecule has 0 saturated carbocycles. The molecule has 0 radical (unpaired) electrons. The third kappa shape index (κ3) is 8.94. The van der Waals surface area contributed by atoms with Crippen molar-refractivity contribution < 1.29 is 26.0 Å². The first-order valence-electron chi connectivity index (χ1n) is 1.18. The van der Waals surface area contributed by atoms with E-state index in [9.17, 15) is 0 Å². The number of nitro groups is 1. The third-order valence-electron chi connectivity index (χ3n) is 0.183. The van der Waals surface area contributed by atoms with E-state index in [4.69, 9.17) is 10.1 Å². The van der Waals surface area contributed by atoms with Gasteiger partial charge in [-0.25, -0.2) is 0 Å². The smallest absolute Gasteiger partial charge is 0.0867 e. The van der Waals surface area contributed by atoms with Crippen LogP contribution in [0.25, 0.3) is 0 Å². The van der Waals surface area contributed by atoms with E-state index >= 15 is 0 Å². The van der Waals surface area contributed by atoms with E-state index in [-0.39, 0.29) is 27.6 Å². The second-order valence-electron chi connectivity index (χ2n) is 0.556. The van der Waals surface area contributed by atoms with Gasteiger partial charge in [0.2, 0.25) is 0 Å². The maximum atomic E-state index is 9.11. The van der Waals surface area contributed by atoms with Gasteiger partial charge >= 0.3 is 0 Å². The first-order valence-corrected chi connectivity index (χ1v) is 1.18. The van der Waals surface area contributed by atoms with Crippen molar-refractivity contribution in [1.82, 2.24) is 0 Å². The summed E-state index contributed by atoms with van der Waals surface area (Å²) in [6, 6.07) is 0. The van der Waals surface area contributed by atoms with Crippen LogP contribution in [0.5, 0.6) is 0 Å². The van der Waals surface area contributed by atoms with Gasteiger partial charge in [-0.15, -0.1) is 0 Å². The molecule has 36 valence electrons. The van der Waals surface area contributed by atoms with Crippen LogP contribution in [-0.4, -0.2) is 11.5 Å². The maximum absolute atomic E-state index is 9.11. The van der Waals surface area contributed by atoms with E-state index in [1.807, 2.05) is 0 Å². The molecule has 0 amide bonds. The van der Waals surface area contributed by atoms with Crippen LogP contribution in [0.15, 0.2) is 0 Å². The van der Waals surface area contributed by atoms with Gasteiger partial charge in [-0.1, -0.05) is 0 Å². The van der Waals surface area contributed by atoms with E-state index < -0.39 is 4.92 Å². The van der Waals surface area contributed by atoms with E-state index in [1.54, 1.807) is 0 Å². The van der Waals surface area contributed by atoms with Crippen LogP contribution >= 0.6 is 0 Å². The van der Waals surface area contributed by atoms with Crippen molar-refractivity contribution in [1.29, 1.82) is 0 Å². The fourth-order valence-electron chi connectivity index (χ4n) is 0. The van der Waals surface area contributed by atoms with Gasteiger partial charge in [0, 0.05) is 21.1 Å². The van der Waals surface area contributed by atoms with E-state index in [0.717, 1.165) is 0 Å². The summed E-state index contributed by atoms with van der Waals surface area (Å²) in [5.74, 6) is 0. The zero-order chi connectivity index (χ0) is 4.28. The fraction of sp³-hybridized carbons (Fsp3) is 0.500. The molecule has 3 nitrogen and oxygen atoms in total. The summed E-state index contributed by atoms with van der Waals surface area (Å²) in [6.45, 7) is 2.76. The van der Waals surface area contributed by atoms with Gasteiger partial charge in [-0.3, -0.25) is 17.0 Å². The van der Waals surface area contributed by atoms with Crippen LogP contribution in [0.2, 0.25) is 0 Å². The number of hydrogen-bond acceptors (Lipinski definition) is 2. The molecular formula is C2H4NO2W-. The summed E-state index contributed by atoms with van der Waals surface area (Å²) >= 11 is 0. The Balaban J connectivity index is 0. The molecule has 0 aliphatic carbocycles. The molecule has 0 heterocycles. The Morgan fingerprint density at radius 1 is 1.83 bits per heavy atom. The molecule has 0 rings (SSSR count). The summed E-state index contributed by atoms with van der Waals surface area (Å²) in [4.78, 5) is 8.62. The number of hydrogen-bond donors (Lipinski definition) is 0. The average molecular weight is 258 g/mol. The standard InChI is InChI=1S/C2H4NO2.W/c1-2-3(4)5;/h1-2H2;/q-1;. The molecule has 0 aliphatic rings. The van der Waals surface area contributed by atoms with Crippen LogP contribution in [0.3, 0.4) is 0 Å². The molecule has 0 atom stereocenters. The summed E-state index contributed by atoms with van der Waals surface area (Å²) in [6.07, 6.45) is 0. The predicted octanol–water partition coefficient (Wildman–Crippen LogP) is 0.0947. The molecule has 6 heavy (non-hydrogen) atoms. The molecule has 0 fully saturated rings. The monoisotopic (exact) mass is 258 g/mol. The van der Waals surface area contributed by atoms with Gasteiger partial charge in [0.1, 0.15) is 0 Å². The zero-order valence-corrected chi connectivity index (χ0v) is 6.02. The molecule has 0 aromatic carbocycles. The Morgan fingerprint density at radius 3 is 2.00 bits per heavy atom. The largest absolute Gasteiger partial charge is 0.273 e. The van der Waals surface area contributed by atoms with Crippen LogP contribution in [-0.2, 0) is 21.1 Å². The minimum absolute atomic E-state index is 0. The Morgan fingerprint density at radius 2 is 2.00 bits per heavy atom. The minimum atomic E-state index is -0.486. The van der Waals surface area contributed by atoms with E-state index in [1.165, 1.54) is 0 Å². The van der Waals surface area contributed by atoms with Crippen LogP contribution in [0.4, 0.5) is 0 Å². The molecule has 4 heteroatoms. The molecular weight excluding hydrogens is 254 g/mol. The van der Waals surface area contributed by atoms with Crippen molar-refractivity contribution in [3.05, 3.63) is 17.0 Å². The van der Waals surface area contributed by atoms with Crippen molar-refractivity contribution in [3.8, 4) is 0 Å². The normalized spacial score (nSPS) is 6.17. The van der Waals surface area contributed by atoms with Gasteiger partial charge < -0.3 is 0 Å². The number of rotatable bonds is 1. The zero-order valence-electron chi connectivity index (χ0n) is 3.09. The van der Waals surface area contributed by atoms with Crippen LogP contribution in [0, 0.1) is 17.0 Å². The molecule has 0 aliphatic heterocycles. The average Bonchev–Trinajstić information content (AvgIpc) is 1.38. The SMILES string of the molecule is [CH2-]C[N+](=O)[O-].[W]. The van der Waals surface area contributed by atoms with Crippen molar-refractivity contribution >= 4 is 0 Å². The van der Waals surface area contributed by atoms with Gasteiger partial charge in [0.25, 0.3) is 0 Å². The molecule has 0 saturated heterocycles. The Hall–Kier alpha value is 0.0883. The Labute approximate surface area is 50.1 Å². The third-order valence-corrected chi connectivity index (χ3v) is 0.183. The van der Waals surface area contributed by atoms with E-state index in [0.29, 0.717) is 0 Å². The van der Waals surface area contributed by atoms with E-state index in [2.05, 4.69) is 6.92 Å². The van der Waals surface area contributed by atoms with Gasteiger partial charge in [-0.2, -0.15) is 0 Å². The summed E-state index contributed by atoms with van der Waals surface area (Å²) < 4.78 is 0. The van der Waals surface area contributed by atoms with Crippen molar-refractivity contribution in [2.24, 2.45) is 0 Å². The molecule has 0 unspecified atom stereocenters. The van der Waals surface area contributed by atoms with Crippen molar-refractivity contribution in [3.63, 3.8) is 0 Å². The van der Waals surface area contributed by atoms with Crippen LogP contribution in [0.1, 0.15) is 0 Å². The van der Waals surface area contributed by atoms with Crippen LogP contribution < -0.4 is 0 Å². The predicted molar refractivity (Wildman–Crippen MR) is 17.2 cm³/mol. The number of nitrogens with zero attached hydrogens (tertiary/aromatic N) is 1. The summed E-state index contributed by atoms with van der Waals surface area (Å²) in [7, 11) is 0. The quantitative estimate of drug-likeness (QED) is 0.380. The summed E-state index contributed by atoms with van der Waals surface area (Å²) in [5, 5.41) is 9.11. The topological polar surface area (TPSA) is 43.1 Å². The van der Waals surface area contributed by atoms with Gasteiger partial charge in [0.05, 0.1) is 6.54 Å². The van der Waals surface area contributed by atoms with Gasteiger partial charge in [-0.05, 0) is 4.92 Å². The molecule has 0 N–H and O–H groups in total.